The highest BCUT2D eigenvalue weighted by Crippen LogP contribution is 2.31. The first-order valence-electron chi connectivity index (χ1n) is 7.29. The highest BCUT2D eigenvalue weighted by atomic mass is 79.9. The summed E-state index contributed by atoms with van der Waals surface area (Å²) < 4.78 is 56.6. The Morgan fingerprint density at radius 1 is 1.19 bits per heavy atom. The molecule has 2 aromatic carbocycles. The second-order valence-corrected chi connectivity index (χ2v) is 8.37. The molecule has 0 saturated carbocycles. The number of anilines is 1. The van der Waals surface area contributed by atoms with Crippen LogP contribution in [-0.4, -0.2) is 24.7 Å². The number of aliphatic hydroxyl groups excluding tert-OH is 1. The van der Waals surface area contributed by atoms with Gasteiger partial charge in [0, 0.05) is 29.2 Å². The molecule has 5 nitrogen and oxygen atoms in total. The highest BCUT2D eigenvalue weighted by Gasteiger charge is 2.23. The van der Waals surface area contributed by atoms with E-state index in [1.165, 1.54) is 22.9 Å². The van der Waals surface area contributed by atoms with Gasteiger partial charge in [0.15, 0.2) is 0 Å². The van der Waals surface area contributed by atoms with Gasteiger partial charge in [0.25, 0.3) is 10.0 Å². The first-order chi connectivity index (χ1) is 12.2. The number of sulfonamides is 1. The lowest BCUT2D eigenvalue weighted by Gasteiger charge is -2.09. The van der Waals surface area contributed by atoms with E-state index in [1.54, 1.807) is 6.07 Å². The van der Waals surface area contributed by atoms with Gasteiger partial charge in [-0.15, -0.1) is 0 Å². The Balaban J connectivity index is 2.12. The van der Waals surface area contributed by atoms with E-state index in [0.717, 1.165) is 12.1 Å². The summed E-state index contributed by atoms with van der Waals surface area (Å²) in [6.45, 7) is -0.0661. The second-order valence-electron chi connectivity index (χ2n) is 5.42. The molecule has 0 spiro atoms. The van der Waals surface area contributed by atoms with Gasteiger partial charge in [-0.3, -0.25) is 4.72 Å². The number of hydrogen-bond donors (Lipinski definition) is 2. The lowest BCUT2D eigenvalue weighted by Crippen LogP contribution is -2.14. The Morgan fingerprint density at radius 2 is 1.92 bits per heavy atom. The maximum atomic E-state index is 14.0. The average molecular weight is 466 g/mol. The lowest BCUT2D eigenvalue weighted by atomic mass is 10.2. The quantitative estimate of drug-likeness (QED) is 0.557. The maximum Gasteiger partial charge on any atom is 0.264 e. The zero-order valence-corrected chi connectivity index (χ0v) is 16.2. The largest absolute Gasteiger partial charge is 0.395 e. The number of aromatic nitrogens is 1. The highest BCUT2D eigenvalue weighted by molar-refractivity contribution is 9.10. The molecule has 3 rings (SSSR count). The molecule has 0 bridgehead atoms. The van der Waals surface area contributed by atoms with E-state index in [9.17, 15) is 22.3 Å². The first-order valence-corrected chi connectivity index (χ1v) is 9.95. The Morgan fingerprint density at radius 3 is 2.62 bits per heavy atom. The number of aliphatic hydroxyl groups is 1. The van der Waals surface area contributed by atoms with Gasteiger partial charge >= 0.3 is 0 Å². The summed E-state index contributed by atoms with van der Waals surface area (Å²) in [4.78, 5) is -0.139. The predicted molar refractivity (Wildman–Crippen MR) is 98.9 cm³/mol. The maximum absolute atomic E-state index is 14.0. The van der Waals surface area contributed by atoms with E-state index >= 15 is 0 Å². The van der Waals surface area contributed by atoms with Gasteiger partial charge in [0.2, 0.25) is 0 Å². The topological polar surface area (TPSA) is 71.3 Å². The van der Waals surface area contributed by atoms with E-state index in [-0.39, 0.29) is 22.5 Å². The normalized spacial score (nSPS) is 11.9. The summed E-state index contributed by atoms with van der Waals surface area (Å²) in [5, 5.41) is 9.91. The van der Waals surface area contributed by atoms with Crippen LogP contribution >= 0.6 is 27.5 Å². The number of nitrogens with one attached hydrogen (secondary N) is 1. The van der Waals surface area contributed by atoms with Gasteiger partial charge in [0.1, 0.15) is 16.5 Å². The molecule has 0 aliphatic heterocycles. The van der Waals surface area contributed by atoms with E-state index in [1.807, 2.05) is 0 Å². The Labute approximate surface area is 161 Å². The van der Waals surface area contributed by atoms with Crippen LogP contribution in [0.1, 0.15) is 0 Å². The smallest absolute Gasteiger partial charge is 0.264 e. The molecule has 26 heavy (non-hydrogen) atoms. The van der Waals surface area contributed by atoms with Gasteiger partial charge in [-0.1, -0.05) is 11.6 Å². The third-order valence-corrected chi connectivity index (χ3v) is 5.93. The number of hydrogen-bond acceptors (Lipinski definition) is 3. The third-order valence-electron chi connectivity index (χ3n) is 3.69. The Hall–Kier alpha value is -1.68. The molecule has 2 N–H and O–H groups in total. The van der Waals surface area contributed by atoms with E-state index in [4.69, 9.17) is 11.6 Å². The van der Waals surface area contributed by atoms with Gasteiger partial charge in [0.05, 0.1) is 22.3 Å². The van der Waals surface area contributed by atoms with Crippen molar-refractivity contribution >= 4 is 54.1 Å². The molecule has 1 aromatic heterocycles. The van der Waals surface area contributed by atoms with Crippen LogP contribution in [0.15, 0.2) is 45.9 Å². The van der Waals surface area contributed by atoms with Crippen LogP contribution in [-0.2, 0) is 16.6 Å². The summed E-state index contributed by atoms with van der Waals surface area (Å²) in [5.41, 5.74) is -0.0166. The van der Waals surface area contributed by atoms with Crippen LogP contribution in [0.5, 0.6) is 0 Å². The fraction of sp³-hybridized carbons (Fsp3) is 0.125. The van der Waals surface area contributed by atoms with Crippen molar-refractivity contribution in [2.24, 2.45) is 0 Å². The SMILES string of the molecule is O=S(=O)(Nc1cc(F)c(Br)cc1F)c1cn(CCO)c2cc(Cl)ccc12. The molecule has 0 saturated heterocycles. The van der Waals surface area contributed by atoms with Crippen molar-refractivity contribution in [1.82, 2.24) is 4.57 Å². The molecule has 0 unspecified atom stereocenters. The molecule has 10 heteroatoms. The minimum Gasteiger partial charge on any atom is -0.395 e. The third kappa shape index (κ3) is 3.57. The molecule has 0 amide bonds. The van der Waals surface area contributed by atoms with E-state index in [0.29, 0.717) is 15.9 Å². The second kappa shape index (κ2) is 7.15. The molecule has 3 aromatic rings. The van der Waals surface area contributed by atoms with Crippen molar-refractivity contribution in [3.05, 3.63) is 57.7 Å². The molecule has 1 heterocycles. The zero-order chi connectivity index (χ0) is 19.1. The van der Waals surface area contributed by atoms with Crippen LogP contribution in [0.2, 0.25) is 5.02 Å². The number of fused-ring (bicyclic) bond motifs is 1. The molecular formula is C16H12BrClF2N2O3S. The number of nitrogens with zero attached hydrogens (tertiary/aromatic N) is 1. The fourth-order valence-corrected chi connectivity index (χ4v) is 4.30. The van der Waals surface area contributed by atoms with Crippen molar-refractivity contribution < 1.29 is 22.3 Å². The van der Waals surface area contributed by atoms with Gasteiger partial charge < -0.3 is 9.67 Å². The minimum absolute atomic E-state index is 0.118. The van der Waals surface area contributed by atoms with Crippen molar-refractivity contribution in [3.63, 3.8) is 0 Å². The van der Waals surface area contributed by atoms with Crippen molar-refractivity contribution in [1.29, 1.82) is 0 Å². The van der Waals surface area contributed by atoms with E-state index < -0.39 is 27.3 Å². The zero-order valence-electron chi connectivity index (χ0n) is 13.0. The summed E-state index contributed by atoms with van der Waals surface area (Å²) in [7, 11) is -4.22. The molecule has 0 radical (unpaired) electrons. The standard InChI is InChI=1S/C16H12BrClF2N2O3S/c17-11-6-13(20)14(7-12(11)19)21-26(24,25)16-8-22(3-4-23)15-5-9(18)1-2-10(15)16/h1-2,5-8,21,23H,3-4H2. The monoisotopic (exact) mass is 464 g/mol. The van der Waals surface area contributed by atoms with Crippen LogP contribution in [0.4, 0.5) is 14.5 Å². The number of halogens is 4. The van der Waals surface area contributed by atoms with E-state index in [2.05, 4.69) is 20.7 Å². The minimum atomic E-state index is -4.22. The fourth-order valence-electron chi connectivity index (χ4n) is 2.54. The summed E-state index contributed by atoms with van der Waals surface area (Å²) in [5.74, 6) is -1.73. The first kappa shape index (κ1) is 19.1. The van der Waals surface area contributed by atoms with Gasteiger partial charge in [-0.05, 0) is 40.2 Å². The Bertz CT molecular complexity index is 1100. The van der Waals surface area contributed by atoms with Gasteiger partial charge in [-0.2, -0.15) is 0 Å². The lowest BCUT2D eigenvalue weighted by molar-refractivity contribution is 0.278. The van der Waals surface area contributed by atoms with Crippen LogP contribution in [0.25, 0.3) is 10.9 Å². The molecule has 0 aliphatic rings. The number of benzene rings is 2. The Kier molecular flexibility index (Phi) is 5.25. The van der Waals surface area contributed by atoms with Crippen LogP contribution < -0.4 is 4.72 Å². The molecule has 0 aliphatic carbocycles. The number of rotatable bonds is 5. The molecule has 0 atom stereocenters. The van der Waals surface area contributed by atoms with Crippen molar-refractivity contribution in [2.75, 3.05) is 11.3 Å². The molecule has 138 valence electrons. The molecular weight excluding hydrogens is 454 g/mol. The average Bonchev–Trinajstić information content (AvgIpc) is 2.92. The van der Waals surface area contributed by atoms with Gasteiger partial charge in [-0.25, -0.2) is 17.2 Å². The molecule has 0 fully saturated rings. The van der Waals surface area contributed by atoms with Crippen LogP contribution in [0, 0.1) is 11.6 Å². The summed E-state index contributed by atoms with van der Waals surface area (Å²) in [6, 6.07) is 6.18. The summed E-state index contributed by atoms with van der Waals surface area (Å²) in [6.07, 6.45) is 1.31. The van der Waals surface area contributed by atoms with Crippen molar-refractivity contribution in [3.8, 4) is 0 Å². The summed E-state index contributed by atoms with van der Waals surface area (Å²) >= 11 is 8.79. The van der Waals surface area contributed by atoms with Crippen LogP contribution in [0.3, 0.4) is 0 Å². The predicted octanol–water partition coefficient (Wildman–Crippen LogP) is 4.13. The van der Waals surface area contributed by atoms with Crippen molar-refractivity contribution in [2.45, 2.75) is 11.4 Å².